The van der Waals surface area contributed by atoms with Gasteiger partial charge >= 0.3 is 0 Å². The Hall–Kier alpha value is -1.53. The van der Waals surface area contributed by atoms with E-state index in [1.54, 1.807) is 10.9 Å². The van der Waals surface area contributed by atoms with Crippen LogP contribution in [0.1, 0.15) is 25.8 Å². The quantitative estimate of drug-likeness (QED) is 0.717. The van der Waals surface area contributed by atoms with Gasteiger partial charge in [-0.2, -0.15) is 0 Å². The van der Waals surface area contributed by atoms with Crippen molar-refractivity contribution in [1.29, 1.82) is 0 Å². The molecule has 0 aliphatic rings. The molecule has 0 N–H and O–H groups in total. The van der Waals surface area contributed by atoms with Gasteiger partial charge in [-0.05, 0) is 25.0 Å². The number of aryl methyl sites for hydroxylation is 1. The van der Waals surface area contributed by atoms with E-state index in [0.29, 0.717) is 17.3 Å². The molecule has 1 amide bonds. The Morgan fingerprint density at radius 2 is 2.17 bits per heavy atom. The fourth-order valence-corrected chi connectivity index (χ4v) is 3.10. The first-order valence-electron chi connectivity index (χ1n) is 7.52. The van der Waals surface area contributed by atoms with Crippen LogP contribution in [0.3, 0.4) is 0 Å². The van der Waals surface area contributed by atoms with Gasteiger partial charge in [-0.3, -0.25) is 4.79 Å². The molecule has 1 atom stereocenters. The molecule has 0 aliphatic heterocycles. The molecule has 0 fully saturated rings. The molecule has 7 heteroatoms. The van der Waals surface area contributed by atoms with E-state index in [1.165, 1.54) is 11.8 Å². The Balaban J connectivity index is 2.07. The maximum atomic E-state index is 12.7. The molecular formula is C16H21ClN4OS. The molecule has 23 heavy (non-hydrogen) atoms. The first-order valence-corrected chi connectivity index (χ1v) is 8.89. The summed E-state index contributed by atoms with van der Waals surface area (Å²) in [7, 11) is 1.86. The van der Waals surface area contributed by atoms with Crippen molar-refractivity contribution in [3.63, 3.8) is 0 Å². The molecule has 0 unspecified atom stereocenters. The van der Waals surface area contributed by atoms with Crippen LogP contribution in [0.25, 0.3) is 0 Å². The Kier molecular flexibility index (Phi) is 6.47. The van der Waals surface area contributed by atoms with Crippen molar-refractivity contribution >= 4 is 29.3 Å². The molecule has 2 rings (SSSR count). The Morgan fingerprint density at radius 1 is 1.43 bits per heavy atom. The highest BCUT2D eigenvalue weighted by Crippen LogP contribution is 2.21. The van der Waals surface area contributed by atoms with Crippen LogP contribution in [-0.2, 0) is 18.4 Å². The lowest BCUT2D eigenvalue weighted by Gasteiger charge is -2.29. The SMILES string of the molecule is CC[C@@H](C)N(Cc1ccccc1Cl)C(=O)CSc1nncn1C. The Bertz CT molecular complexity index is 661. The summed E-state index contributed by atoms with van der Waals surface area (Å²) in [4.78, 5) is 14.5. The van der Waals surface area contributed by atoms with Crippen LogP contribution >= 0.6 is 23.4 Å². The van der Waals surface area contributed by atoms with E-state index >= 15 is 0 Å². The summed E-state index contributed by atoms with van der Waals surface area (Å²) in [5.41, 5.74) is 0.964. The molecule has 0 saturated carbocycles. The van der Waals surface area contributed by atoms with Gasteiger partial charge in [0.15, 0.2) is 5.16 Å². The second-order valence-electron chi connectivity index (χ2n) is 5.38. The zero-order valence-electron chi connectivity index (χ0n) is 13.6. The van der Waals surface area contributed by atoms with Crippen molar-refractivity contribution in [3.8, 4) is 0 Å². The van der Waals surface area contributed by atoms with Crippen molar-refractivity contribution in [2.24, 2.45) is 7.05 Å². The number of rotatable bonds is 7. The van der Waals surface area contributed by atoms with Crippen LogP contribution in [0.5, 0.6) is 0 Å². The number of benzene rings is 1. The molecule has 0 aliphatic carbocycles. The minimum atomic E-state index is 0.0762. The molecule has 0 radical (unpaired) electrons. The second kappa shape index (κ2) is 8.36. The molecule has 124 valence electrons. The van der Waals surface area contributed by atoms with Gasteiger partial charge in [0.1, 0.15) is 6.33 Å². The number of halogens is 1. The maximum absolute atomic E-state index is 12.7. The van der Waals surface area contributed by atoms with Gasteiger partial charge in [0.2, 0.25) is 5.91 Å². The van der Waals surface area contributed by atoms with Gasteiger partial charge in [-0.1, -0.05) is 48.5 Å². The Labute approximate surface area is 146 Å². The van der Waals surface area contributed by atoms with Gasteiger partial charge in [0.05, 0.1) is 5.75 Å². The van der Waals surface area contributed by atoms with Crippen LogP contribution in [0.15, 0.2) is 35.7 Å². The summed E-state index contributed by atoms with van der Waals surface area (Å²) in [6.07, 6.45) is 2.52. The summed E-state index contributed by atoms with van der Waals surface area (Å²) in [6.45, 7) is 4.65. The summed E-state index contributed by atoms with van der Waals surface area (Å²) in [6, 6.07) is 7.80. The molecule has 0 bridgehead atoms. The zero-order valence-corrected chi connectivity index (χ0v) is 15.1. The van der Waals surface area contributed by atoms with E-state index in [9.17, 15) is 4.79 Å². The highest BCUT2D eigenvalue weighted by molar-refractivity contribution is 7.99. The zero-order chi connectivity index (χ0) is 16.8. The van der Waals surface area contributed by atoms with E-state index in [1.807, 2.05) is 36.2 Å². The average molecular weight is 353 g/mol. The third-order valence-electron chi connectivity index (χ3n) is 3.74. The average Bonchev–Trinajstić information content (AvgIpc) is 2.96. The maximum Gasteiger partial charge on any atom is 0.233 e. The van der Waals surface area contributed by atoms with Gasteiger partial charge < -0.3 is 9.47 Å². The minimum Gasteiger partial charge on any atom is -0.335 e. The van der Waals surface area contributed by atoms with Crippen molar-refractivity contribution in [3.05, 3.63) is 41.2 Å². The molecule has 1 aromatic heterocycles. The Morgan fingerprint density at radius 3 is 2.78 bits per heavy atom. The van der Waals surface area contributed by atoms with E-state index < -0.39 is 0 Å². The normalized spacial score (nSPS) is 12.2. The van der Waals surface area contributed by atoms with Crippen molar-refractivity contribution in [2.75, 3.05) is 5.75 Å². The van der Waals surface area contributed by atoms with Gasteiger partial charge in [0, 0.05) is 24.7 Å². The van der Waals surface area contributed by atoms with E-state index in [4.69, 9.17) is 11.6 Å². The largest absolute Gasteiger partial charge is 0.335 e. The molecule has 1 aromatic carbocycles. The lowest BCUT2D eigenvalue weighted by Crippen LogP contribution is -2.39. The number of aromatic nitrogens is 3. The highest BCUT2D eigenvalue weighted by atomic mass is 35.5. The van der Waals surface area contributed by atoms with Gasteiger partial charge in [-0.15, -0.1) is 10.2 Å². The van der Waals surface area contributed by atoms with Gasteiger partial charge in [0.25, 0.3) is 0 Å². The summed E-state index contributed by atoms with van der Waals surface area (Å²) in [5.74, 6) is 0.411. The van der Waals surface area contributed by atoms with Crippen LogP contribution in [0, 0.1) is 0 Å². The molecular weight excluding hydrogens is 332 g/mol. The van der Waals surface area contributed by atoms with Crippen LogP contribution in [0.2, 0.25) is 5.02 Å². The smallest absolute Gasteiger partial charge is 0.233 e. The lowest BCUT2D eigenvalue weighted by molar-refractivity contribution is -0.131. The third kappa shape index (κ3) is 4.72. The number of carbonyl (C=O) groups excluding carboxylic acids is 1. The lowest BCUT2D eigenvalue weighted by atomic mass is 10.1. The van der Waals surface area contributed by atoms with E-state index in [2.05, 4.69) is 24.0 Å². The topological polar surface area (TPSA) is 51.0 Å². The number of nitrogens with zero attached hydrogens (tertiary/aromatic N) is 4. The molecule has 1 heterocycles. The van der Waals surface area contributed by atoms with Crippen molar-refractivity contribution in [1.82, 2.24) is 19.7 Å². The standard InChI is InChI=1S/C16H21ClN4OS/c1-4-12(2)21(9-13-7-5-6-8-14(13)17)15(22)10-23-16-19-18-11-20(16)3/h5-8,11-12H,4,9-10H2,1-3H3/t12-/m1/s1. The fraction of sp³-hybridized carbons (Fsp3) is 0.438. The van der Waals surface area contributed by atoms with Crippen molar-refractivity contribution in [2.45, 2.75) is 38.0 Å². The minimum absolute atomic E-state index is 0.0762. The molecule has 5 nitrogen and oxygen atoms in total. The molecule has 0 saturated heterocycles. The molecule has 0 spiro atoms. The van der Waals surface area contributed by atoms with Crippen LogP contribution < -0.4 is 0 Å². The number of amides is 1. The predicted octanol–water partition coefficient (Wildman–Crippen LogP) is 3.39. The first kappa shape index (κ1) is 17.8. The number of carbonyl (C=O) groups is 1. The van der Waals surface area contributed by atoms with E-state index in [0.717, 1.165) is 17.1 Å². The monoisotopic (exact) mass is 352 g/mol. The predicted molar refractivity (Wildman–Crippen MR) is 93.5 cm³/mol. The van der Waals surface area contributed by atoms with Crippen molar-refractivity contribution < 1.29 is 4.79 Å². The third-order valence-corrected chi connectivity index (χ3v) is 5.12. The van der Waals surface area contributed by atoms with Crippen LogP contribution in [-0.4, -0.2) is 37.4 Å². The highest BCUT2D eigenvalue weighted by Gasteiger charge is 2.21. The summed E-state index contributed by atoms with van der Waals surface area (Å²) >= 11 is 7.63. The second-order valence-corrected chi connectivity index (χ2v) is 6.73. The fourth-order valence-electron chi connectivity index (χ4n) is 2.13. The number of hydrogen-bond acceptors (Lipinski definition) is 4. The summed E-state index contributed by atoms with van der Waals surface area (Å²) in [5, 5.41) is 9.24. The molecule has 2 aromatic rings. The van der Waals surface area contributed by atoms with E-state index in [-0.39, 0.29) is 11.9 Å². The number of hydrogen-bond donors (Lipinski definition) is 0. The summed E-state index contributed by atoms with van der Waals surface area (Å²) < 4.78 is 1.81. The van der Waals surface area contributed by atoms with Crippen LogP contribution in [0.4, 0.5) is 0 Å². The number of thioether (sulfide) groups is 1. The van der Waals surface area contributed by atoms with Gasteiger partial charge in [-0.25, -0.2) is 0 Å². The first-order chi connectivity index (χ1) is 11.0.